The molecule has 0 fully saturated rings. The number of carbonyl (C=O) groups excluding carboxylic acids is 4. The van der Waals surface area contributed by atoms with E-state index in [1.807, 2.05) is 87.5 Å². The molecule has 1 aromatic carbocycles. The summed E-state index contributed by atoms with van der Waals surface area (Å²) >= 11 is 0. The van der Waals surface area contributed by atoms with E-state index in [0.29, 0.717) is 19.3 Å². The van der Waals surface area contributed by atoms with Gasteiger partial charge in [-0.05, 0) is 75.6 Å². The summed E-state index contributed by atoms with van der Waals surface area (Å²) in [4.78, 5) is 38.1. The lowest BCUT2D eigenvalue weighted by Crippen LogP contribution is -1.86. The van der Waals surface area contributed by atoms with Crippen LogP contribution in [0.2, 0.25) is 0 Å². The minimum atomic E-state index is 0.250. The van der Waals surface area contributed by atoms with Gasteiger partial charge in [-0.15, -0.1) is 0 Å². The number of ketones is 1. The van der Waals surface area contributed by atoms with Gasteiger partial charge in [-0.2, -0.15) is 0 Å². The first kappa shape index (κ1) is 46.4. The number of amides is 1. The Morgan fingerprint density at radius 3 is 1.57 bits per heavy atom. The molecule has 1 amide bonds. The Labute approximate surface area is 281 Å². The molecule has 0 unspecified atom stereocenters. The van der Waals surface area contributed by atoms with Crippen LogP contribution in [0.15, 0.2) is 129 Å². The molecule has 3 aromatic heterocycles. The lowest BCUT2D eigenvalue weighted by molar-refractivity contribution is -0.117. The largest absolute Gasteiger partial charge is 0.473 e. The average Bonchev–Trinajstić information content (AvgIpc) is 3.89. The van der Waals surface area contributed by atoms with Crippen molar-refractivity contribution in [3.8, 4) is 0 Å². The van der Waals surface area contributed by atoms with Gasteiger partial charge in [0.15, 0.2) is 0 Å². The average molecular weight is 650 g/mol. The summed E-state index contributed by atoms with van der Waals surface area (Å²) < 4.78 is 14.7. The van der Waals surface area contributed by atoms with Crippen molar-refractivity contribution in [2.75, 3.05) is 0 Å². The number of aryl methyl sites for hydroxylation is 1. The lowest BCUT2D eigenvalue weighted by atomic mass is 10.2. The van der Waals surface area contributed by atoms with Crippen LogP contribution < -0.4 is 5.73 Å². The molecular weight excluding hydrogens is 594 g/mol. The zero-order valence-electron chi connectivity index (χ0n) is 29.0. The van der Waals surface area contributed by atoms with Crippen molar-refractivity contribution in [2.45, 2.75) is 86.5 Å². The van der Waals surface area contributed by atoms with E-state index in [0.717, 1.165) is 55.3 Å². The highest BCUT2D eigenvalue weighted by Gasteiger charge is 1.89. The second-order valence-electron chi connectivity index (χ2n) is 9.48. The van der Waals surface area contributed by atoms with E-state index in [9.17, 15) is 14.4 Å². The van der Waals surface area contributed by atoms with E-state index in [2.05, 4.69) is 42.2 Å². The molecule has 0 saturated heterocycles. The second kappa shape index (κ2) is 39.0. The van der Waals surface area contributed by atoms with E-state index in [-0.39, 0.29) is 12.2 Å². The molecule has 4 rings (SSSR count). The van der Waals surface area contributed by atoms with Crippen LogP contribution in [0, 0.1) is 0 Å². The summed E-state index contributed by atoms with van der Waals surface area (Å²) in [6.45, 7) is 11.7. The van der Waals surface area contributed by atoms with E-state index >= 15 is 0 Å². The van der Waals surface area contributed by atoms with E-state index in [1.54, 1.807) is 32.0 Å². The first-order valence-corrected chi connectivity index (χ1v) is 15.6. The maximum Gasteiger partial charge on any atom is 0.204 e. The van der Waals surface area contributed by atoms with Crippen molar-refractivity contribution in [1.29, 1.82) is 0 Å². The van der Waals surface area contributed by atoms with Crippen LogP contribution in [-0.4, -0.2) is 24.8 Å². The van der Waals surface area contributed by atoms with E-state index < -0.39 is 0 Å². The predicted octanol–water partition coefficient (Wildman–Crippen LogP) is 9.36. The number of rotatable bonds is 10. The van der Waals surface area contributed by atoms with Crippen molar-refractivity contribution >= 4 is 24.8 Å². The fourth-order valence-electron chi connectivity index (χ4n) is 2.81. The van der Waals surface area contributed by atoms with Crippen molar-refractivity contribution in [1.82, 2.24) is 0 Å². The zero-order chi connectivity index (χ0) is 35.8. The Morgan fingerprint density at radius 1 is 0.681 bits per heavy atom. The molecule has 4 aromatic rings. The van der Waals surface area contributed by atoms with Gasteiger partial charge in [0, 0.05) is 32.1 Å². The minimum absolute atomic E-state index is 0.250. The summed E-state index contributed by atoms with van der Waals surface area (Å²) in [5, 5.41) is 0. The van der Waals surface area contributed by atoms with Gasteiger partial charge in [0.05, 0.1) is 25.1 Å². The van der Waals surface area contributed by atoms with Gasteiger partial charge in [0.25, 0.3) is 0 Å². The minimum Gasteiger partial charge on any atom is -0.473 e. The summed E-state index contributed by atoms with van der Waals surface area (Å²) in [5.41, 5.74) is 6.53. The van der Waals surface area contributed by atoms with Crippen molar-refractivity contribution in [3.05, 3.63) is 133 Å². The van der Waals surface area contributed by atoms with Crippen LogP contribution in [0.25, 0.3) is 0 Å². The molecule has 2 N–H and O–H groups in total. The van der Waals surface area contributed by atoms with Gasteiger partial charge >= 0.3 is 0 Å². The number of Topliss-reactive ketones (excluding diaryl/α,β-unsaturated/α-hetero) is 1. The molecule has 258 valence electrons. The molecule has 0 aliphatic carbocycles. The molecule has 0 radical (unpaired) electrons. The van der Waals surface area contributed by atoms with Crippen molar-refractivity contribution < 1.29 is 32.4 Å². The predicted molar refractivity (Wildman–Crippen MR) is 191 cm³/mol. The van der Waals surface area contributed by atoms with Gasteiger partial charge in [-0.1, -0.05) is 74.9 Å². The number of primary amides is 1. The highest BCUT2D eigenvalue weighted by molar-refractivity contribution is 5.75. The maximum absolute atomic E-state index is 10.4. The molecule has 0 saturated carbocycles. The lowest BCUT2D eigenvalue weighted by Gasteiger charge is -1.89. The fraction of sp³-hybridized carbons (Fsp3) is 0.333. The van der Waals surface area contributed by atoms with Gasteiger partial charge < -0.3 is 33.4 Å². The van der Waals surface area contributed by atoms with E-state index in [1.165, 1.54) is 5.57 Å². The molecule has 3 heterocycles. The Bertz CT molecular complexity index is 1200. The number of benzene rings is 1. The molecule has 0 bridgehead atoms. The zero-order valence-corrected chi connectivity index (χ0v) is 29.0. The van der Waals surface area contributed by atoms with E-state index in [4.69, 9.17) is 13.6 Å². The van der Waals surface area contributed by atoms with Crippen LogP contribution in [-0.2, 0) is 38.4 Å². The topological polar surface area (TPSA) is 134 Å². The van der Waals surface area contributed by atoms with Crippen LogP contribution in [0.4, 0.5) is 0 Å². The number of hydrogen-bond acceptors (Lipinski definition) is 7. The highest BCUT2D eigenvalue weighted by Crippen LogP contribution is 2.01. The van der Waals surface area contributed by atoms with Crippen LogP contribution in [0.5, 0.6) is 0 Å². The maximum atomic E-state index is 10.4. The molecule has 8 heteroatoms. The third-order valence-electron chi connectivity index (χ3n) is 5.03. The standard InChI is InChI=1S/C9H12O.C8H8O.C8H14O.C6H8O.C4H4O.C3H6O.CH3NO/c1-2-3-4-6-9-7-5-8-10-9;9-7-6-8-4-2-1-3-5-8;1-7(2)5-4-6-8(3)9;1-2-6-4-3-5-7-6;1-2-4-5-3-1;1-2-3-4;2-1-3/h3-5,7-8H,2,6H2,1H3;1-5,7H,6H2;5H,4,6H2,1-3H3;3-5H,2H2,1H3;1-4H;3H,2H2,1H3;1H,(H2,2,3)/b4-3+;;;;;;. The quantitative estimate of drug-likeness (QED) is 0.134. The summed E-state index contributed by atoms with van der Waals surface area (Å²) in [6.07, 6.45) is 20.8. The smallest absolute Gasteiger partial charge is 0.204 e. The SMILES string of the molecule is CC(=O)CCC=C(C)C.CC/C=C/Cc1ccco1.CCC=O.CCc1ccco1.NC=O.O=CCc1ccccc1.c1ccoc1. The van der Waals surface area contributed by atoms with Gasteiger partial charge in [0.1, 0.15) is 29.9 Å². The monoisotopic (exact) mass is 649 g/mol. The highest BCUT2D eigenvalue weighted by atomic mass is 16.3. The van der Waals surface area contributed by atoms with Crippen LogP contribution in [0.1, 0.15) is 84.3 Å². The number of furan rings is 3. The molecular formula is C39H55NO7. The second-order valence-corrected chi connectivity index (χ2v) is 9.48. The number of allylic oxidation sites excluding steroid dienone is 4. The normalized spacial score (nSPS) is 8.72. The van der Waals surface area contributed by atoms with Crippen molar-refractivity contribution in [2.24, 2.45) is 5.73 Å². The Morgan fingerprint density at radius 2 is 1.23 bits per heavy atom. The van der Waals surface area contributed by atoms with Crippen LogP contribution in [0.3, 0.4) is 0 Å². The first-order chi connectivity index (χ1) is 22.7. The van der Waals surface area contributed by atoms with Crippen LogP contribution >= 0.6 is 0 Å². The number of hydrogen-bond donors (Lipinski definition) is 1. The molecule has 8 nitrogen and oxygen atoms in total. The fourth-order valence-corrected chi connectivity index (χ4v) is 2.81. The number of aldehydes is 2. The summed E-state index contributed by atoms with van der Waals surface area (Å²) in [5.74, 6) is 2.36. The molecule has 0 aliphatic heterocycles. The first-order valence-electron chi connectivity index (χ1n) is 15.6. The van der Waals surface area contributed by atoms with Crippen molar-refractivity contribution in [3.63, 3.8) is 0 Å². The molecule has 47 heavy (non-hydrogen) atoms. The van der Waals surface area contributed by atoms with Gasteiger partial charge in [-0.3, -0.25) is 4.79 Å². The Hall–Kier alpha value is -4.98. The Balaban J connectivity index is -0.000000496. The number of nitrogens with two attached hydrogens (primary N) is 1. The number of carbonyl (C=O) groups is 4. The summed E-state index contributed by atoms with van der Waals surface area (Å²) in [6, 6.07) is 21.1. The van der Waals surface area contributed by atoms with Gasteiger partial charge in [-0.25, -0.2) is 0 Å². The molecule has 0 spiro atoms. The Kier molecular flexibility index (Phi) is 38.6. The molecule has 0 atom stereocenters. The third kappa shape index (κ3) is 41.0. The third-order valence-corrected chi connectivity index (χ3v) is 5.03. The van der Waals surface area contributed by atoms with Gasteiger partial charge in [0.2, 0.25) is 6.41 Å². The summed E-state index contributed by atoms with van der Waals surface area (Å²) in [7, 11) is 0. The molecule has 0 aliphatic rings.